The second-order valence-corrected chi connectivity index (χ2v) is 6.55. The molecule has 1 N–H and O–H groups in total. The van der Waals surface area contributed by atoms with E-state index in [-0.39, 0.29) is 19.3 Å². The molecule has 7 heteroatoms. The number of alkyl carbamates (subject to hydrolysis) is 1. The molecule has 0 radical (unpaired) electrons. The number of benzene rings is 2. The molecule has 0 bridgehead atoms. The third kappa shape index (κ3) is 7.52. The SMILES string of the molecule is CO[PH](=O)OCC(Cc1ccccc1)NC(=O)OCc1ccccc1. The van der Waals surface area contributed by atoms with Crippen molar-refractivity contribution >= 4 is 14.3 Å². The molecular formula is C18H22NO5P. The van der Waals surface area contributed by atoms with Gasteiger partial charge < -0.3 is 19.1 Å². The first-order valence-corrected chi connectivity index (χ1v) is 9.11. The predicted octanol–water partition coefficient (Wildman–Crippen LogP) is 3.58. The van der Waals surface area contributed by atoms with Crippen LogP contribution in [0.3, 0.4) is 0 Å². The van der Waals surface area contributed by atoms with E-state index in [2.05, 4.69) is 9.84 Å². The quantitative estimate of drug-likeness (QED) is 0.690. The first kappa shape index (κ1) is 19.2. The van der Waals surface area contributed by atoms with Crippen molar-refractivity contribution in [3.05, 3.63) is 71.8 Å². The Morgan fingerprint density at radius 2 is 1.64 bits per heavy atom. The minimum absolute atomic E-state index is 0.0704. The van der Waals surface area contributed by atoms with Gasteiger partial charge in [0.05, 0.1) is 12.6 Å². The van der Waals surface area contributed by atoms with Crippen LogP contribution in [0.25, 0.3) is 0 Å². The number of rotatable bonds is 9. The Hall–Kier alpha value is -2.14. The van der Waals surface area contributed by atoms with Crippen LogP contribution in [0.5, 0.6) is 0 Å². The van der Waals surface area contributed by atoms with Gasteiger partial charge in [0.2, 0.25) is 0 Å². The van der Waals surface area contributed by atoms with E-state index in [1.165, 1.54) is 7.11 Å². The highest BCUT2D eigenvalue weighted by Gasteiger charge is 2.16. The Morgan fingerprint density at radius 1 is 1.04 bits per heavy atom. The van der Waals surface area contributed by atoms with Gasteiger partial charge >= 0.3 is 14.3 Å². The summed E-state index contributed by atoms with van der Waals surface area (Å²) in [7, 11) is -1.23. The number of amides is 1. The second-order valence-electron chi connectivity index (χ2n) is 5.36. The first-order chi connectivity index (χ1) is 12.2. The molecule has 2 rings (SSSR count). The maximum absolute atomic E-state index is 12.0. The van der Waals surface area contributed by atoms with Gasteiger partial charge in [0, 0.05) is 7.11 Å². The average Bonchev–Trinajstić information content (AvgIpc) is 2.66. The van der Waals surface area contributed by atoms with Crippen LogP contribution < -0.4 is 5.32 Å². The second kappa shape index (κ2) is 10.7. The van der Waals surface area contributed by atoms with Crippen molar-refractivity contribution in [3.8, 4) is 0 Å². The van der Waals surface area contributed by atoms with Crippen LogP contribution in [0.1, 0.15) is 11.1 Å². The van der Waals surface area contributed by atoms with Crippen molar-refractivity contribution in [1.82, 2.24) is 5.32 Å². The standard InChI is InChI=1S/C18H22NO5P/c1-22-25(21)24-14-17(12-15-8-4-2-5-9-15)19-18(20)23-13-16-10-6-3-7-11-16/h2-11,17,25H,12-14H2,1H3,(H,19,20). The maximum Gasteiger partial charge on any atom is 0.407 e. The van der Waals surface area contributed by atoms with E-state index < -0.39 is 14.3 Å². The Morgan fingerprint density at radius 3 is 2.24 bits per heavy atom. The van der Waals surface area contributed by atoms with Crippen molar-refractivity contribution in [2.45, 2.75) is 19.1 Å². The van der Waals surface area contributed by atoms with Gasteiger partial charge in [0.25, 0.3) is 0 Å². The van der Waals surface area contributed by atoms with Gasteiger partial charge in [-0.2, -0.15) is 0 Å². The summed E-state index contributed by atoms with van der Waals surface area (Å²) in [5, 5.41) is 2.75. The molecule has 0 heterocycles. The molecule has 2 atom stereocenters. The van der Waals surface area contributed by atoms with Crippen molar-refractivity contribution in [2.24, 2.45) is 0 Å². The number of carbonyl (C=O) groups excluding carboxylic acids is 1. The highest BCUT2D eigenvalue weighted by Crippen LogP contribution is 2.22. The summed E-state index contributed by atoms with van der Waals surface area (Å²) < 4.78 is 26.4. The van der Waals surface area contributed by atoms with E-state index in [4.69, 9.17) is 9.26 Å². The molecule has 0 aliphatic rings. The summed E-state index contributed by atoms with van der Waals surface area (Å²) in [4.78, 5) is 12.0. The number of hydrogen-bond donors (Lipinski definition) is 1. The highest BCUT2D eigenvalue weighted by molar-refractivity contribution is 7.33. The molecule has 0 aliphatic carbocycles. The minimum atomic E-state index is -2.55. The van der Waals surface area contributed by atoms with Crippen LogP contribution in [0.15, 0.2) is 60.7 Å². The highest BCUT2D eigenvalue weighted by atomic mass is 31.1. The summed E-state index contributed by atoms with van der Waals surface area (Å²) in [5.41, 5.74) is 1.93. The molecule has 2 aromatic carbocycles. The number of nitrogens with one attached hydrogen (secondary N) is 1. The lowest BCUT2D eigenvalue weighted by molar-refractivity contribution is 0.129. The summed E-state index contributed by atoms with van der Waals surface area (Å²) in [6, 6.07) is 18.7. The molecule has 0 spiro atoms. The molecule has 6 nitrogen and oxygen atoms in total. The average molecular weight is 363 g/mol. The van der Waals surface area contributed by atoms with Crippen molar-refractivity contribution < 1.29 is 23.1 Å². The fourth-order valence-electron chi connectivity index (χ4n) is 2.21. The van der Waals surface area contributed by atoms with Crippen molar-refractivity contribution in [3.63, 3.8) is 0 Å². The van der Waals surface area contributed by atoms with Crippen LogP contribution >= 0.6 is 8.25 Å². The minimum Gasteiger partial charge on any atom is -0.445 e. The van der Waals surface area contributed by atoms with Gasteiger partial charge in [-0.25, -0.2) is 4.79 Å². The van der Waals surface area contributed by atoms with Gasteiger partial charge in [0.15, 0.2) is 0 Å². The Balaban J connectivity index is 1.89. The third-order valence-electron chi connectivity index (χ3n) is 3.43. The Bertz CT molecular complexity index is 666. The van der Waals surface area contributed by atoms with Crippen LogP contribution in [-0.2, 0) is 31.4 Å². The number of carbonyl (C=O) groups is 1. The van der Waals surface area contributed by atoms with Gasteiger partial charge in [-0.15, -0.1) is 0 Å². The van der Waals surface area contributed by atoms with Crippen LogP contribution in [0, 0.1) is 0 Å². The maximum atomic E-state index is 12.0. The Labute approximate surface area is 148 Å². The van der Waals surface area contributed by atoms with Gasteiger partial charge in [-0.3, -0.25) is 4.57 Å². The van der Waals surface area contributed by atoms with Gasteiger partial charge in [-0.1, -0.05) is 60.7 Å². The molecular weight excluding hydrogens is 341 g/mol. The van der Waals surface area contributed by atoms with Crippen LogP contribution in [0.4, 0.5) is 4.79 Å². The monoisotopic (exact) mass is 363 g/mol. The zero-order valence-electron chi connectivity index (χ0n) is 14.0. The molecule has 0 aromatic heterocycles. The van der Waals surface area contributed by atoms with Crippen LogP contribution in [-0.4, -0.2) is 25.9 Å². The molecule has 0 saturated heterocycles. The fourth-order valence-corrected chi connectivity index (χ4v) is 2.66. The molecule has 1 amide bonds. The molecule has 134 valence electrons. The molecule has 0 saturated carbocycles. The lowest BCUT2D eigenvalue weighted by atomic mass is 10.1. The number of ether oxygens (including phenoxy) is 1. The normalized spacial score (nSPS) is 13.0. The third-order valence-corrected chi connectivity index (χ3v) is 4.16. The Kier molecular flexibility index (Phi) is 8.19. The van der Waals surface area contributed by atoms with E-state index in [0.717, 1.165) is 11.1 Å². The van der Waals surface area contributed by atoms with E-state index in [9.17, 15) is 9.36 Å². The fraction of sp³-hybridized carbons (Fsp3) is 0.278. The summed E-state index contributed by atoms with van der Waals surface area (Å²) in [6.45, 7) is 0.251. The lowest BCUT2D eigenvalue weighted by Crippen LogP contribution is -2.39. The van der Waals surface area contributed by atoms with E-state index in [0.29, 0.717) is 6.42 Å². The van der Waals surface area contributed by atoms with Crippen molar-refractivity contribution in [2.75, 3.05) is 13.7 Å². The lowest BCUT2D eigenvalue weighted by Gasteiger charge is -2.18. The summed E-state index contributed by atoms with van der Waals surface area (Å²) in [5.74, 6) is 0. The molecule has 25 heavy (non-hydrogen) atoms. The molecule has 0 aliphatic heterocycles. The molecule has 0 fully saturated rings. The molecule has 2 unspecified atom stereocenters. The van der Waals surface area contributed by atoms with E-state index >= 15 is 0 Å². The van der Waals surface area contributed by atoms with E-state index in [1.807, 2.05) is 60.7 Å². The summed E-state index contributed by atoms with van der Waals surface area (Å²) >= 11 is 0. The van der Waals surface area contributed by atoms with Crippen molar-refractivity contribution in [1.29, 1.82) is 0 Å². The topological polar surface area (TPSA) is 73.9 Å². The smallest absolute Gasteiger partial charge is 0.407 e. The van der Waals surface area contributed by atoms with Gasteiger partial charge in [-0.05, 0) is 17.5 Å². The first-order valence-electron chi connectivity index (χ1n) is 7.89. The molecule has 2 aromatic rings. The van der Waals surface area contributed by atoms with Crippen LogP contribution in [0.2, 0.25) is 0 Å². The zero-order chi connectivity index (χ0) is 17.9. The van der Waals surface area contributed by atoms with E-state index in [1.54, 1.807) is 0 Å². The zero-order valence-corrected chi connectivity index (χ0v) is 15.0. The predicted molar refractivity (Wildman–Crippen MR) is 95.7 cm³/mol. The number of hydrogen-bond acceptors (Lipinski definition) is 5. The van der Waals surface area contributed by atoms with Gasteiger partial charge in [0.1, 0.15) is 6.61 Å². The largest absolute Gasteiger partial charge is 0.445 e. The summed E-state index contributed by atoms with van der Waals surface area (Å²) in [6.07, 6.45) is -0.0226.